The van der Waals surface area contributed by atoms with E-state index in [2.05, 4.69) is 4.72 Å². The summed E-state index contributed by atoms with van der Waals surface area (Å²) in [6.45, 7) is 5.55. The van der Waals surface area contributed by atoms with E-state index in [-0.39, 0.29) is 10.6 Å². The number of nitrogens with one attached hydrogen (secondary N) is 1. The number of hydrogen-bond acceptors (Lipinski definition) is 3. The summed E-state index contributed by atoms with van der Waals surface area (Å²) in [4.78, 5) is -0.371. The predicted molar refractivity (Wildman–Crippen MR) is 70.1 cm³/mol. The third-order valence-corrected chi connectivity index (χ3v) is 4.86. The number of halogens is 1. The van der Waals surface area contributed by atoms with Gasteiger partial charge in [0.05, 0.1) is 0 Å². The zero-order valence-electron chi connectivity index (χ0n) is 10.8. The van der Waals surface area contributed by atoms with Gasteiger partial charge in [0.25, 0.3) is 0 Å². The van der Waals surface area contributed by atoms with E-state index in [1.807, 2.05) is 13.8 Å². The lowest BCUT2D eigenvalue weighted by Crippen LogP contribution is -2.45. The Labute approximate surface area is 107 Å². The summed E-state index contributed by atoms with van der Waals surface area (Å²) in [6, 6.07) is 3.55. The Bertz CT molecular complexity index is 525. The van der Waals surface area contributed by atoms with Crippen molar-refractivity contribution in [3.63, 3.8) is 0 Å². The van der Waals surface area contributed by atoms with Crippen LogP contribution in [0.2, 0.25) is 0 Å². The highest BCUT2D eigenvalue weighted by atomic mass is 32.2. The van der Waals surface area contributed by atoms with Crippen LogP contribution >= 0.6 is 0 Å². The fourth-order valence-electron chi connectivity index (χ4n) is 1.51. The van der Waals surface area contributed by atoms with E-state index in [1.54, 1.807) is 6.92 Å². The summed E-state index contributed by atoms with van der Waals surface area (Å²) in [7, 11) is -3.87. The van der Waals surface area contributed by atoms with Crippen LogP contribution in [0.1, 0.15) is 33.6 Å². The van der Waals surface area contributed by atoms with Crippen LogP contribution < -0.4 is 10.5 Å². The van der Waals surface area contributed by atoms with Crippen LogP contribution in [-0.2, 0) is 10.0 Å². The van der Waals surface area contributed by atoms with Gasteiger partial charge in [-0.3, -0.25) is 0 Å². The average molecular weight is 274 g/mol. The molecule has 0 heterocycles. The number of sulfonamides is 1. The molecule has 0 saturated carbocycles. The first kappa shape index (κ1) is 14.9. The van der Waals surface area contributed by atoms with Gasteiger partial charge in [0.15, 0.2) is 0 Å². The van der Waals surface area contributed by atoms with Gasteiger partial charge in [-0.05, 0) is 38.0 Å². The molecule has 0 radical (unpaired) electrons. The summed E-state index contributed by atoms with van der Waals surface area (Å²) in [6.07, 6.45) is 1.25. The normalized spacial score (nSPS) is 12.7. The van der Waals surface area contributed by atoms with Gasteiger partial charge in [0.1, 0.15) is 10.7 Å². The first-order chi connectivity index (χ1) is 8.24. The Kier molecular flexibility index (Phi) is 4.34. The number of rotatable bonds is 5. The second-order valence-corrected chi connectivity index (χ2v) is 6.21. The van der Waals surface area contributed by atoms with E-state index in [9.17, 15) is 12.8 Å². The highest BCUT2D eigenvalue weighted by molar-refractivity contribution is 7.89. The highest BCUT2D eigenvalue weighted by Gasteiger charge is 2.29. The van der Waals surface area contributed by atoms with E-state index in [1.165, 1.54) is 12.1 Å². The molecule has 1 rings (SSSR count). The van der Waals surface area contributed by atoms with Gasteiger partial charge in [0, 0.05) is 11.2 Å². The highest BCUT2D eigenvalue weighted by Crippen LogP contribution is 2.22. The van der Waals surface area contributed by atoms with Crippen LogP contribution in [0.15, 0.2) is 23.1 Å². The smallest absolute Gasteiger partial charge is 0.243 e. The quantitative estimate of drug-likeness (QED) is 0.809. The predicted octanol–water partition coefficient (Wildman–Crippen LogP) is 2.26. The van der Waals surface area contributed by atoms with Crippen LogP contribution in [0.5, 0.6) is 0 Å². The van der Waals surface area contributed by atoms with Crippen molar-refractivity contribution in [3.8, 4) is 0 Å². The Morgan fingerprint density at radius 2 is 1.89 bits per heavy atom. The Morgan fingerprint density at radius 1 is 1.33 bits per heavy atom. The molecule has 0 saturated heterocycles. The van der Waals surface area contributed by atoms with Gasteiger partial charge in [-0.2, -0.15) is 0 Å². The van der Waals surface area contributed by atoms with Gasteiger partial charge < -0.3 is 5.73 Å². The Hall–Kier alpha value is -1.14. The third-order valence-electron chi connectivity index (χ3n) is 3.19. The standard InChI is InChI=1S/C12H19FN2O2S/c1-4-12(3,5-2)15-18(16,17)11-7-6-9(14)8-10(11)13/h6-8,15H,4-5,14H2,1-3H3. The molecule has 0 amide bonds. The molecule has 0 atom stereocenters. The molecule has 0 fully saturated rings. The fraction of sp³-hybridized carbons (Fsp3) is 0.500. The molecule has 6 heteroatoms. The summed E-state index contributed by atoms with van der Waals surface area (Å²) in [5.74, 6) is -0.836. The Morgan fingerprint density at radius 3 is 2.33 bits per heavy atom. The SMILES string of the molecule is CCC(C)(CC)NS(=O)(=O)c1ccc(N)cc1F. The summed E-state index contributed by atoms with van der Waals surface area (Å²) < 4.78 is 40.4. The molecule has 1 aromatic carbocycles. The topological polar surface area (TPSA) is 72.2 Å². The lowest BCUT2D eigenvalue weighted by Gasteiger charge is -2.27. The first-order valence-electron chi connectivity index (χ1n) is 5.83. The summed E-state index contributed by atoms with van der Waals surface area (Å²) >= 11 is 0. The molecule has 0 aliphatic carbocycles. The molecule has 102 valence electrons. The molecule has 0 bridgehead atoms. The molecule has 0 aliphatic rings. The monoisotopic (exact) mass is 274 g/mol. The minimum Gasteiger partial charge on any atom is -0.399 e. The minimum atomic E-state index is -3.87. The summed E-state index contributed by atoms with van der Waals surface area (Å²) in [5.41, 5.74) is 5.01. The lowest BCUT2D eigenvalue weighted by atomic mass is 9.98. The van der Waals surface area contributed by atoms with Crippen LogP contribution in [0.3, 0.4) is 0 Å². The molecule has 4 nitrogen and oxygen atoms in total. The molecule has 3 N–H and O–H groups in total. The molecule has 0 aromatic heterocycles. The maximum Gasteiger partial charge on any atom is 0.243 e. The third kappa shape index (κ3) is 3.20. The van der Waals surface area contributed by atoms with Gasteiger partial charge in [-0.15, -0.1) is 0 Å². The zero-order valence-corrected chi connectivity index (χ0v) is 11.6. The first-order valence-corrected chi connectivity index (χ1v) is 7.31. The summed E-state index contributed by atoms with van der Waals surface area (Å²) in [5, 5.41) is 0. The average Bonchev–Trinajstić information content (AvgIpc) is 2.27. The number of benzene rings is 1. The lowest BCUT2D eigenvalue weighted by molar-refractivity contribution is 0.387. The minimum absolute atomic E-state index is 0.195. The Balaban J connectivity index is 3.15. The van der Waals surface area contributed by atoms with Crippen LogP contribution in [-0.4, -0.2) is 14.0 Å². The van der Waals surface area contributed by atoms with Crippen molar-refractivity contribution >= 4 is 15.7 Å². The molecular formula is C12H19FN2O2S. The second kappa shape index (κ2) is 5.24. The van der Waals surface area contributed by atoms with Gasteiger partial charge in [-0.1, -0.05) is 13.8 Å². The van der Waals surface area contributed by atoms with Crippen molar-refractivity contribution < 1.29 is 12.8 Å². The van der Waals surface area contributed by atoms with Crippen molar-refractivity contribution in [2.45, 2.75) is 44.0 Å². The van der Waals surface area contributed by atoms with Crippen LogP contribution in [0, 0.1) is 5.82 Å². The van der Waals surface area contributed by atoms with Gasteiger partial charge >= 0.3 is 0 Å². The number of anilines is 1. The van der Waals surface area contributed by atoms with Gasteiger partial charge in [-0.25, -0.2) is 17.5 Å². The van der Waals surface area contributed by atoms with Crippen LogP contribution in [0.4, 0.5) is 10.1 Å². The van der Waals surface area contributed by atoms with E-state index in [4.69, 9.17) is 5.73 Å². The van der Waals surface area contributed by atoms with E-state index < -0.39 is 21.4 Å². The van der Waals surface area contributed by atoms with Crippen molar-refractivity contribution in [2.24, 2.45) is 0 Å². The zero-order chi connectivity index (χ0) is 14.0. The molecule has 0 spiro atoms. The second-order valence-electron chi connectivity index (χ2n) is 4.56. The molecule has 0 unspecified atom stereocenters. The van der Waals surface area contributed by atoms with Crippen molar-refractivity contribution in [1.29, 1.82) is 0 Å². The molecule has 1 aromatic rings. The number of nitrogens with two attached hydrogens (primary N) is 1. The number of hydrogen-bond donors (Lipinski definition) is 2. The molecule has 18 heavy (non-hydrogen) atoms. The molecule has 0 aliphatic heterocycles. The maximum atomic E-state index is 13.6. The van der Waals surface area contributed by atoms with Crippen molar-refractivity contribution in [2.75, 3.05) is 5.73 Å². The fourth-order valence-corrected chi connectivity index (χ4v) is 3.12. The van der Waals surface area contributed by atoms with Crippen molar-refractivity contribution in [1.82, 2.24) is 4.72 Å². The van der Waals surface area contributed by atoms with Crippen molar-refractivity contribution in [3.05, 3.63) is 24.0 Å². The maximum absolute atomic E-state index is 13.6. The molecular weight excluding hydrogens is 255 g/mol. The van der Waals surface area contributed by atoms with E-state index in [0.717, 1.165) is 6.07 Å². The largest absolute Gasteiger partial charge is 0.399 e. The van der Waals surface area contributed by atoms with Crippen LogP contribution in [0.25, 0.3) is 0 Å². The number of nitrogen functional groups attached to an aromatic ring is 1. The van der Waals surface area contributed by atoms with Gasteiger partial charge in [0.2, 0.25) is 10.0 Å². The van der Waals surface area contributed by atoms with E-state index in [0.29, 0.717) is 12.8 Å². The van der Waals surface area contributed by atoms with E-state index >= 15 is 0 Å².